The smallest absolute Gasteiger partial charge is 0.308 e. The van der Waals surface area contributed by atoms with Crippen LogP contribution in [0.5, 0.6) is 0 Å². The Labute approximate surface area is 108 Å². The molecule has 1 amide bonds. The molecule has 1 rings (SSSR count). The molecular weight excluding hydrogens is 234 g/mol. The van der Waals surface area contributed by atoms with E-state index in [-0.39, 0.29) is 24.5 Å². The number of aliphatic hydroxyl groups excluding tert-OH is 1. The lowest BCUT2D eigenvalue weighted by Crippen LogP contribution is -2.37. The number of nitrogens with zero attached hydrogens (tertiary/aromatic N) is 1. The molecule has 0 spiro atoms. The molecule has 2 N–H and O–H groups in total. The summed E-state index contributed by atoms with van der Waals surface area (Å²) in [7, 11) is 1.62. The lowest BCUT2D eigenvalue weighted by atomic mass is 9.84. The van der Waals surface area contributed by atoms with Gasteiger partial charge in [-0.3, -0.25) is 9.59 Å². The maximum absolute atomic E-state index is 11.9. The van der Waals surface area contributed by atoms with Gasteiger partial charge in [0, 0.05) is 20.0 Å². The second-order valence-corrected chi connectivity index (χ2v) is 5.33. The minimum atomic E-state index is -0.896. The third kappa shape index (κ3) is 4.29. The molecule has 0 heterocycles. The Kier molecular flexibility index (Phi) is 5.59. The van der Waals surface area contributed by atoms with Crippen molar-refractivity contribution >= 4 is 11.9 Å². The predicted molar refractivity (Wildman–Crippen MR) is 67.0 cm³/mol. The van der Waals surface area contributed by atoms with Gasteiger partial charge in [0.15, 0.2) is 0 Å². The fraction of sp³-hybridized carbons (Fsp3) is 0.846. The predicted octanol–water partition coefficient (Wildman–Crippen LogP) is 1.11. The highest BCUT2D eigenvalue weighted by Crippen LogP contribution is 2.27. The molecule has 0 radical (unpaired) electrons. The maximum atomic E-state index is 11.9. The zero-order valence-electron chi connectivity index (χ0n) is 11.1. The third-order valence-electron chi connectivity index (χ3n) is 3.70. The first-order chi connectivity index (χ1) is 8.41. The number of carboxylic acid groups (broad SMARTS) is 1. The Morgan fingerprint density at radius 2 is 1.94 bits per heavy atom. The molecule has 1 unspecified atom stereocenters. The summed E-state index contributed by atoms with van der Waals surface area (Å²) in [5.41, 5.74) is 0. The van der Waals surface area contributed by atoms with E-state index in [1.807, 2.05) is 0 Å². The van der Waals surface area contributed by atoms with Gasteiger partial charge in [-0.1, -0.05) is 19.8 Å². The second kappa shape index (κ2) is 6.73. The third-order valence-corrected chi connectivity index (χ3v) is 3.70. The molecule has 0 aromatic heterocycles. The molecule has 1 aliphatic rings. The average molecular weight is 257 g/mol. The molecule has 1 saturated carbocycles. The zero-order valence-corrected chi connectivity index (χ0v) is 11.1. The van der Waals surface area contributed by atoms with Gasteiger partial charge in [0.05, 0.1) is 12.0 Å². The Morgan fingerprint density at radius 1 is 1.33 bits per heavy atom. The number of hydrogen-bond acceptors (Lipinski definition) is 3. The standard InChI is InChI=1S/C13H23NO4/c1-9(13(17)18)8-14(2)12(16)7-10-5-3-4-6-11(10)15/h9-11,15H,3-8H2,1-2H3,(H,17,18)/t9?,10-,11+/m0/s1. The number of carbonyl (C=O) groups is 2. The van der Waals surface area contributed by atoms with Gasteiger partial charge in [0.1, 0.15) is 0 Å². The summed E-state index contributed by atoms with van der Waals surface area (Å²) in [6.45, 7) is 1.80. The highest BCUT2D eigenvalue weighted by Gasteiger charge is 2.27. The molecule has 5 nitrogen and oxygen atoms in total. The first-order valence-electron chi connectivity index (χ1n) is 6.56. The van der Waals surface area contributed by atoms with Crippen LogP contribution in [0, 0.1) is 11.8 Å². The Hall–Kier alpha value is -1.10. The number of hydrogen-bond donors (Lipinski definition) is 2. The van der Waals surface area contributed by atoms with Crippen LogP contribution in [0.1, 0.15) is 39.0 Å². The molecule has 1 fully saturated rings. The summed E-state index contributed by atoms with van der Waals surface area (Å²) in [4.78, 5) is 24.1. The van der Waals surface area contributed by atoms with E-state index in [2.05, 4.69) is 0 Å². The first-order valence-corrected chi connectivity index (χ1v) is 6.56. The monoisotopic (exact) mass is 257 g/mol. The molecule has 0 bridgehead atoms. The Balaban J connectivity index is 2.41. The van der Waals surface area contributed by atoms with E-state index in [0.717, 1.165) is 25.7 Å². The molecule has 0 saturated heterocycles. The quantitative estimate of drug-likeness (QED) is 0.773. The van der Waals surface area contributed by atoms with Crippen LogP contribution in [0.15, 0.2) is 0 Å². The van der Waals surface area contributed by atoms with E-state index in [4.69, 9.17) is 5.11 Å². The maximum Gasteiger partial charge on any atom is 0.308 e. The molecular formula is C13H23NO4. The van der Waals surface area contributed by atoms with Gasteiger partial charge in [-0.05, 0) is 18.8 Å². The van der Waals surface area contributed by atoms with Crippen molar-refractivity contribution in [3.63, 3.8) is 0 Å². The van der Waals surface area contributed by atoms with Crippen LogP contribution >= 0.6 is 0 Å². The summed E-state index contributed by atoms with van der Waals surface area (Å²) in [6.07, 6.45) is 3.68. The van der Waals surface area contributed by atoms with Crippen molar-refractivity contribution in [2.24, 2.45) is 11.8 Å². The van der Waals surface area contributed by atoms with Crippen LogP contribution in [0.25, 0.3) is 0 Å². The summed E-state index contributed by atoms with van der Waals surface area (Å²) in [6, 6.07) is 0. The number of amides is 1. The lowest BCUT2D eigenvalue weighted by Gasteiger charge is -2.29. The van der Waals surface area contributed by atoms with Crippen LogP contribution in [0.3, 0.4) is 0 Å². The molecule has 0 aromatic carbocycles. The minimum absolute atomic E-state index is 0.0360. The van der Waals surface area contributed by atoms with E-state index >= 15 is 0 Å². The van der Waals surface area contributed by atoms with E-state index in [1.165, 1.54) is 4.90 Å². The number of carboxylic acids is 1. The molecule has 1 aliphatic carbocycles. The molecule has 0 aromatic rings. The summed E-state index contributed by atoms with van der Waals surface area (Å²) < 4.78 is 0. The van der Waals surface area contributed by atoms with Gasteiger partial charge >= 0.3 is 5.97 Å². The fourth-order valence-corrected chi connectivity index (χ4v) is 2.40. The molecule has 0 aliphatic heterocycles. The van der Waals surface area contributed by atoms with Gasteiger partial charge in [0.2, 0.25) is 5.91 Å². The van der Waals surface area contributed by atoms with Crippen molar-refractivity contribution in [1.82, 2.24) is 4.90 Å². The van der Waals surface area contributed by atoms with Crippen LogP contribution in [0.4, 0.5) is 0 Å². The largest absolute Gasteiger partial charge is 0.481 e. The van der Waals surface area contributed by atoms with Crippen LogP contribution < -0.4 is 0 Å². The fourth-order valence-electron chi connectivity index (χ4n) is 2.40. The number of rotatable bonds is 5. The molecule has 18 heavy (non-hydrogen) atoms. The van der Waals surface area contributed by atoms with Crippen molar-refractivity contribution < 1.29 is 19.8 Å². The van der Waals surface area contributed by atoms with Crippen molar-refractivity contribution in [3.05, 3.63) is 0 Å². The van der Waals surface area contributed by atoms with Crippen molar-refractivity contribution in [1.29, 1.82) is 0 Å². The topological polar surface area (TPSA) is 77.8 Å². The second-order valence-electron chi connectivity index (χ2n) is 5.33. The van der Waals surface area contributed by atoms with Crippen LogP contribution in [-0.2, 0) is 9.59 Å². The van der Waals surface area contributed by atoms with E-state index in [9.17, 15) is 14.7 Å². The summed E-state index contributed by atoms with van der Waals surface area (Å²) in [5.74, 6) is -1.49. The zero-order chi connectivity index (χ0) is 13.7. The SMILES string of the molecule is CC(CN(C)C(=O)C[C@@H]1CCCC[C@H]1O)C(=O)O. The minimum Gasteiger partial charge on any atom is -0.481 e. The van der Waals surface area contributed by atoms with Crippen LogP contribution in [-0.4, -0.2) is 46.7 Å². The molecule has 3 atom stereocenters. The number of aliphatic hydroxyl groups is 1. The average Bonchev–Trinajstić information content (AvgIpc) is 2.31. The highest BCUT2D eigenvalue weighted by molar-refractivity contribution is 5.77. The Bertz CT molecular complexity index is 305. The van der Waals surface area contributed by atoms with Crippen LogP contribution in [0.2, 0.25) is 0 Å². The van der Waals surface area contributed by atoms with E-state index in [1.54, 1.807) is 14.0 Å². The summed E-state index contributed by atoms with van der Waals surface area (Å²) >= 11 is 0. The van der Waals surface area contributed by atoms with E-state index in [0.29, 0.717) is 6.42 Å². The van der Waals surface area contributed by atoms with Gasteiger partial charge in [-0.2, -0.15) is 0 Å². The molecule has 104 valence electrons. The van der Waals surface area contributed by atoms with Crippen molar-refractivity contribution in [2.45, 2.75) is 45.1 Å². The summed E-state index contributed by atoms with van der Waals surface area (Å²) in [5, 5.41) is 18.6. The van der Waals surface area contributed by atoms with E-state index < -0.39 is 11.9 Å². The lowest BCUT2D eigenvalue weighted by molar-refractivity contribution is -0.143. The highest BCUT2D eigenvalue weighted by atomic mass is 16.4. The Morgan fingerprint density at radius 3 is 2.50 bits per heavy atom. The van der Waals surface area contributed by atoms with Crippen molar-refractivity contribution in [3.8, 4) is 0 Å². The number of aliphatic carboxylic acids is 1. The molecule has 5 heteroatoms. The number of carbonyl (C=O) groups excluding carboxylic acids is 1. The van der Waals surface area contributed by atoms with Gasteiger partial charge in [-0.15, -0.1) is 0 Å². The first kappa shape index (κ1) is 15.0. The van der Waals surface area contributed by atoms with Crippen molar-refractivity contribution in [2.75, 3.05) is 13.6 Å². The van der Waals surface area contributed by atoms with Gasteiger partial charge < -0.3 is 15.1 Å². The van der Waals surface area contributed by atoms with Gasteiger partial charge in [-0.25, -0.2) is 0 Å². The normalized spacial score (nSPS) is 25.5. The van der Waals surface area contributed by atoms with Gasteiger partial charge in [0.25, 0.3) is 0 Å².